The van der Waals surface area contributed by atoms with Crippen molar-refractivity contribution in [1.82, 2.24) is 10.6 Å². The minimum absolute atomic E-state index is 0.104. The lowest BCUT2D eigenvalue weighted by Gasteiger charge is -2.08. The van der Waals surface area contributed by atoms with E-state index in [2.05, 4.69) is 10.6 Å². The van der Waals surface area contributed by atoms with Crippen molar-refractivity contribution >= 4 is 28.6 Å². The molecule has 7 heteroatoms. The van der Waals surface area contributed by atoms with Crippen LogP contribution in [0.25, 0.3) is 10.8 Å². The van der Waals surface area contributed by atoms with Crippen LogP contribution in [0.4, 0.5) is 0 Å². The van der Waals surface area contributed by atoms with E-state index in [1.165, 1.54) is 19.1 Å². The average molecular weight is 406 g/mol. The molecule has 0 spiro atoms. The van der Waals surface area contributed by atoms with Gasteiger partial charge in [-0.1, -0.05) is 12.1 Å². The van der Waals surface area contributed by atoms with Gasteiger partial charge in [0.2, 0.25) is 0 Å². The summed E-state index contributed by atoms with van der Waals surface area (Å²) < 4.78 is 5.07. The fraction of sp³-hybridized carbons (Fsp3) is 0.174. The number of amides is 2. The molecule has 3 aromatic rings. The first kappa shape index (κ1) is 20.9. The second-order valence-corrected chi connectivity index (χ2v) is 6.73. The molecule has 0 radical (unpaired) electrons. The van der Waals surface area contributed by atoms with E-state index < -0.39 is 0 Å². The number of benzene rings is 3. The van der Waals surface area contributed by atoms with Gasteiger partial charge in [0.1, 0.15) is 11.5 Å². The Morgan fingerprint density at radius 1 is 0.800 bits per heavy atom. The van der Waals surface area contributed by atoms with Crippen molar-refractivity contribution in [3.63, 3.8) is 0 Å². The van der Waals surface area contributed by atoms with Gasteiger partial charge >= 0.3 is 5.97 Å². The highest BCUT2D eigenvalue weighted by Gasteiger charge is 2.08. The molecule has 3 aromatic carbocycles. The van der Waals surface area contributed by atoms with Crippen molar-refractivity contribution in [3.8, 4) is 11.5 Å². The Balaban J connectivity index is 1.47. The first-order valence-electron chi connectivity index (χ1n) is 9.50. The second-order valence-electron chi connectivity index (χ2n) is 6.73. The van der Waals surface area contributed by atoms with Crippen LogP contribution >= 0.6 is 0 Å². The number of carbonyl (C=O) groups excluding carboxylic acids is 3. The summed E-state index contributed by atoms with van der Waals surface area (Å²) in [4.78, 5) is 35.4. The number of rotatable bonds is 7. The molecule has 30 heavy (non-hydrogen) atoms. The summed E-state index contributed by atoms with van der Waals surface area (Å²) in [5, 5.41) is 16.6. The molecule has 0 saturated heterocycles. The monoisotopic (exact) mass is 406 g/mol. The van der Waals surface area contributed by atoms with E-state index in [1.807, 2.05) is 0 Å². The second kappa shape index (κ2) is 9.56. The van der Waals surface area contributed by atoms with Gasteiger partial charge in [-0.2, -0.15) is 0 Å². The molecule has 0 saturated carbocycles. The molecule has 0 aliphatic rings. The predicted octanol–water partition coefficient (Wildman–Crippen LogP) is 3.02. The fourth-order valence-electron chi connectivity index (χ4n) is 2.90. The van der Waals surface area contributed by atoms with Gasteiger partial charge in [0.05, 0.1) is 0 Å². The van der Waals surface area contributed by atoms with E-state index in [9.17, 15) is 19.5 Å². The fourth-order valence-corrected chi connectivity index (χ4v) is 2.90. The molecule has 2 amide bonds. The normalized spacial score (nSPS) is 10.4. The summed E-state index contributed by atoms with van der Waals surface area (Å²) in [6, 6.07) is 16.5. The summed E-state index contributed by atoms with van der Waals surface area (Å²) in [6.45, 7) is 2.17. The van der Waals surface area contributed by atoms with Crippen LogP contribution in [0.2, 0.25) is 0 Å². The van der Waals surface area contributed by atoms with Crippen molar-refractivity contribution in [2.45, 2.75) is 13.3 Å². The smallest absolute Gasteiger partial charge is 0.308 e. The third-order valence-corrected chi connectivity index (χ3v) is 4.39. The van der Waals surface area contributed by atoms with E-state index in [-0.39, 0.29) is 23.5 Å². The quantitative estimate of drug-likeness (QED) is 0.318. The van der Waals surface area contributed by atoms with Gasteiger partial charge in [0.25, 0.3) is 11.8 Å². The van der Waals surface area contributed by atoms with Crippen molar-refractivity contribution in [3.05, 3.63) is 71.8 Å². The van der Waals surface area contributed by atoms with E-state index >= 15 is 0 Å². The molecule has 0 unspecified atom stereocenters. The number of esters is 1. The topological polar surface area (TPSA) is 105 Å². The van der Waals surface area contributed by atoms with Crippen molar-refractivity contribution in [1.29, 1.82) is 0 Å². The number of aromatic hydroxyl groups is 1. The summed E-state index contributed by atoms with van der Waals surface area (Å²) in [6.07, 6.45) is 0.578. The zero-order valence-electron chi connectivity index (χ0n) is 16.5. The number of hydrogen-bond acceptors (Lipinski definition) is 5. The maximum absolute atomic E-state index is 12.4. The van der Waals surface area contributed by atoms with Gasteiger partial charge in [0.15, 0.2) is 0 Å². The highest BCUT2D eigenvalue weighted by molar-refractivity contribution is 5.99. The van der Waals surface area contributed by atoms with Gasteiger partial charge in [-0.05, 0) is 65.7 Å². The maximum atomic E-state index is 12.4. The molecular weight excluding hydrogens is 384 g/mol. The minimum Gasteiger partial charge on any atom is -0.508 e. The van der Waals surface area contributed by atoms with Crippen molar-refractivity contribution in [2.75, 3.05) is 13.1 Å². The van der Waals surface area contributed by atoms with Crippen molar-refractivity contribution < 1.29 is 24.2 Å². The summed E-state index contributed by atoms with van der Waals surface area (Å²) in [5.74, 6) is -0.256. The third kappa shape index (κ3) is 5.57. The Bertz CT molecular complexity index is 1080. The Hall–Kier alpha value is -3.87. The minimum atomic E-state index is -0.385. The van der Waals surface area contributed by atoms with Gasteiger partial charge in [0, 0.05) is 31.1 Å². The van der Waals surface area contributed by atoms with Gasteiger partial charge in [-0.25, -0.2) is 0 Å². The molecule has 3 rings (SSSR count). The predicted molar refractivity (Wildman–Crippen MR) is 113 cm³/mol. The average Bonchev–Trinajstić information content (AvgIpc) is 2.73. The maximum Gasteiger partial charge on any atom is 0.308 e. The lowest BCUT2D eigenvalue weighted by atomic mass is 10.1. The first-order chi connectivity index (χ1) is 14.4. The van der Waals surface area contributed by atoms with Crippen LogP contribution in [-0.2, 0) is 4.79 Å². The lowest BCUT2D eigenvalue weighted by molar-refractivity contribution is -0.131. The van der Waals surface area contributed by atoms with Crippen LogP contribution < -0.4 is 15.4 Å². The molecule has 3 N–H and O–H groups in total. The van der Waals surface area contributed by atoms with E-state index in [1.54, 1.807) is 48.5 Å². The molecule has 154 valence electrons. The molecular formula is C23H22N2O5. The van der Waals surface area contributed by atoms with E-state index in [0.717, 1.165) is 10.8 Å². The largest absolute Gasteiger partial charge is 0.508 e. The number of nitrogens with one attached hydrogen (secondary N) is 2. The van der Waals surface area contributed by atoms with Crippen LogP contribution in [0.5, 0.6) is 11.5 Å². The van der Waals surface area contributed by atoms with Crippen molar-refractivity contribution in [2.24, 2.45) is 0 Å². The molecule has 0 bridgehead atoms. The Morgan fingerprint density at radius 2 is 1.37 bits per heavy atom. The van der Waals surface area contributed by atoms with E-state index in [0.29, 0.717) is 36.4 Å². The summed E-state index contributed by atoms with van der Waals surface area (Å²) in [5.41, 5.74) is 0.987. The summed E-state index contributed by atoms with van der Waals surface area (Å²) in [7, 11) is 0. The highest BCUT2D eigenvalue weighted by atomic mass is 16.5. The number of phenolic OH excluding ortho intramolecular Hbond substituents is 1. The molecule has 0 aliphatic carbocycles. The Morgan fingerprint density at radius 3 is 2.03 bits per heavy atom. The van der Waals surface area contributed by atoms with Crippen LogP contribution in [0.3, 0.4) is 0 Å². The molecule has 0 heterocycles. The number of fused-ring (bicyclic) bond motifs is 1. The number of hydrogen-bond donors (Lipinski definition) is 3. The Kier molecular flexibility index (Phi) is 6.64. The SMILES string of the molecule is CC(=O)Oc1ccc2cc(C(=O)NCCCNC(=O)c3ccc(O)cc3)ccc2c1. The van der Waals surface area contributed by atoms with Gasteiger partial charge < -0.3 is 20.5 Å². The molecule has 7 nitrogen and oxygen atoms in total. The zero-order valence-corrected chi connectivity index (χ0v) is 16.5. The lowest BCUT2D eigenvalue weighted by Crippen LogP contribution is -2.29. The molecule has 0 fully saturated rings. The van der Waals surface area contributed by atoms with Crippen LogP contribution in [-0.4, -0.2) is 36.0 Å². The third-order valence-electron chi connectivity index (χ3n) is 4.39. The molecule has 0 aliphatic heterocycles. The zero-order chi connectivity index (χ0) is 21.5. The Labute approximate surface area is 173 Å². The number of carbonyl (C=O) groups is 3. The van der Waals surface area contributed by atoms with Crippen LogP contribution in [0.15, 0.2) is 60.7 Å². The molecule has 0 aromatic heterocycles. The van der Waals surface area contributed by atoms with Gasteiger partial charge in [-0.3, -0.25) is 14.4 Å². The first-order valence-corrected chi connectivity index (χ1v) is 9.50. The van der Waals surface area contributed by atoms with Gasteiger partial charge in [-0.15, -0.1) is 0 Å². The highest BCUT2D eigenvalue weighted by Crippen LogP contribution is 2.22. The van der Waals surface area contributed by atoms with Crippen LogP contribution in [0.1, 0.15) is 34.1 Å². The van der Waals surface area contributed by atoms with E-state index in [4.69, 9.17) is 4.74 Å². The molecule has 0 atom stereocenters. The number of ether oxygens (including phenoxy) is 1. The standard InChI is InChI=1S/C23H22N2O5/c1-15(26)30-21-10-7-17-13-19(4-3-18(17)14-21)23(29)25-12-2-11-24-22(28)16-5-8-20(27)9-6-16/h3-10,13-14,27H,2,11-12H2,1H3,(H,24,28)(H,25,29). The number of phenols is 1. The van der Waals surface area contributed by atoms with Crippen LogP contribution in [0, 0.1) is 0 Å². The summed E-state index contributed by atoms with van der Waals surface area (Å²) >= 11 is 0.